The lowest BCUT2D eigenvalue weighted by molar-refractivity contribution is 0.273. The predicted octanol–water partition coefficient (Wildman–Crippen LogP) is 2.24. The Kier molecular flexibility index (Phi) is 4.25. The van der Waals surface area contributed by atoms with Gasteiger partial charge in [0.2, 0.25) is 5.95 Å². The van der Waals surface area contributed by atoms with Crippen molar-refractivity contribution in [2.45, 2.75) is 12.5 Å². The zero-order valence-electron chi connectivity index (χ0n) is 9.88. The minimum Gasteiger partial charge on any atom is -0.394 e. The Hall–Kier alpha value is -1.94. The second-order valence-electron chi connectivity index (χ2n) is 4.06. The Morgan fingerprint density at radius 3 is 2.56 bits per heavy atom. The molecule has 18 heavy (non-hydrogen) atoms. The largest absolute Gasteiger partial charge is 0.394 e. The molecule has 0 saturated heterocycles. The fourth-order valence-electron chi connectivity index (χ4n) is 1.76. The number of hydrogen-bond acceptors (Lipinski definition) is 3. The van der Waals surface area contributed by atoms with Gasteiger partial charge < -0.3 is 10.4 Å². The van der Waals surface area contributed by atoms with Gasteiger partial charge in [-0.05, 0) is 24.1 Å². The fourth-order valence-corrected chi connectivity index (χ4v) is 1.76. The summed E-state index contributed by atoms with van der Waals surface area (Å²) in [6.07, 6.45) is 0.662. The normalized spacial score (nSPS) is 12.1. The third-order valence-corrected chi connectivity index (χ3v) is 2.61. The lowest BCUT2D eigenvalue weighted by atomic mass is 10.1. The van der Waals surface area contributed by atoms with Gasteiger partial charge in [-0.1, -0.05) is 36.4 Å². The molecule has 2 N–H and O–H groups in total. The molecule has 0 fully saturated rings. The molecule has 0 radical (unpaired) electrons. The van der Waals surface area contributed by atoms with Crippen LogP contribution in [0.5, 0.6) is 0 Å². The number of pyridine rings is 1. The minimum atomic E-state index is -0.531. The lowest BCUT2D eigenvalue weighted by Gasteiger charge is -2.16. The molecule has 3 nitrogen and oxygen atoms in total. The topological polar surface area (TPSA) is 45.1 Å². The van der Waals surface area contributed by atoms with E-state index in [-0.39, 0.29) is 12.6 Å². The van der Waals surface area contributed by atoms with Gasteiger partial charge >= 0.3 is 0 Å². The van der Waals surface area contributed by atoms with Gasteiger partial charge in [0.15, 0.2) is 0 Å². The Balaban J connectivity index is 2.01. The number of anilines is 1. The monoisotopic (exact) mass is 246 g/mol. The van der Waals surface area contributed by atoms with Gasteiger partial charge in [0.25, 0.3) is 0 Å². The summed E-state index contributed by atoms with van der Waals surface area (Å²) >= 11 is 0. The molecule has 0 saturated carbocycles. The molecule has 0 bridgehead atoms. The van der Waals surface area contributed by atoms with Crippen molar-refractivity contribution in [3.8, 4) is 0 Å². The zero-order valence-corrected chi connectivity index (χ0v) is 9.88. The van der Waals surface area contributed by atoms with Gasteiger partial charge in [0.1, 0.15) is 5.82 Å². The van der Waals surface area contributed by atoms with Crippen LogP contribution in [0.3, 0.4) is 0 Å². The highest BCUT2D eigenvalue weighted by Crippen LogP contribution is 2.09. The van der Waals surface area contributed by atoms with Crippen LogP contribution in [0.2, 0.25) is 0 Å². The molecule has 1 heterocycles. The number of aromatic nitrogens is 1. The van der Waals surface area contributed by atoms with E-state index in [9.17, 15) is 9.50 Å². The molecule has 1 aromatic carbocycles. The number of aliphatic hydroxyl groups is 1. The van der Waals surface area contributed by atoms with E-state index in [4.69, 9.17) is 0 Å². The van der Waals surface area contributed by atoms with Gasteiger partial charge in [-0.15, -0.1) is 0 Å². The summed E-state index contributed by atoms with van der Waals surface area (Å²) in [6, 6.07) is 14.2. The van der Waals surface area contributed by atoms with Crippen molar-refractivity contribution in [1.82, 2.24) is 4.98 Å². The van der Waals surface area contributed by atoms with E-state index in [2.05, 4.69) is 10.3 Å². The number of halogens is 1. The molecule has 1 unspecified atom stereocenters. The molecular formula is C14H15FN2O. The highest BCUT2D eigenvalue weighted by Gasteiger charge is 2.09. The van der Waals surface area contributed by atoms with Gasteiger partial charge in [0, 0.05) is 0 Å². The molecule has 4 heteroatoms. The number of aliphatic hydroxyl groups excluding tert-OH is 1. The average Bonchev–Trinajstić information content (AvgIpc) is 2.39. The summed E-state index contributed by atoms with van der Waals surface area (Å²) < 4.78 is 12.9. The van der Waals surface area contributed by atoms with Gasteiger partial charge in [0.05, 0.1) is 12.6 Å². The Morgan fingerprint density at radius 1 is 1.11 bits per heavy atom. The van der Waals surface area contributed by atoms with Crippen LogP contribution in [0.1, 0.15) is 5.56 Å². The van der Waals surface area contributed by atoms with Gasteiger partial charge in [-0.2, -0.15) is 4.39 Å². The van der Waals surface area contributed by atoms with E-state index in [1.54, 1.807) is 12.1 Å². The highest BCUT2D eigenvalue weighted by molar-refractivity contribution is 5.35. The van der Waals surface area contributed by atoms with Gasteiger partial charge in [-0.3, -0.25) is 0 Å². The molecule has 2 rings (SSSR count). The summed E-state index contributed by atoms with van der Waals surface area (Å²) in [5.41, 5.74) is 1.11. The second kappa shape index (κ2) is 6.12. The van der Waals surface area contributed by atoms with Crippen LogP contribution < -0.4 is 5.32 Å². The predicted molar refractivity (Wildman–Crippen MR) is 68.8 cm³/mol. The molecule has 0 aliphatic rings. The van der Waals surface area contributed by atoms with Crippen LogP contribution in [0, 0.1) is 5.95 Å². The zero-order chi connectivity index (χ0) is 12.8. The van der Waals surface area contributed by atoms with E-state index in [1.807, 2.05) is 30.3 Å². The SMILES string of the molecule is OCC(Cc1ccccc1)Nc1cccc(F)n1. The summed E-state index contributed by atoms with van der Waals surface area (Å²) in [5.74, 6) is -0.0959. The third kappa shape index (κ3) is 3.53. The first-order valence-corrected chi connectivity index (χ1v) is 5.82. The molecule has 0 spiro atoms. The maximum Gasteiger partial charge on any atom is 0.214 e. The van der Waals surface area contributed by atoms with E-state index in [0.29, 0.717) is 12.2 Å². The van der Waals surface area contributed by atoms with Crippen LogP contribution in [0.15, 0.2) is 48.5 Å². The van der Waals surface area contributed by atoms with Crippen LogP contribution >= 0.6 is 0 Å². The first-order valence-electron chi connectivity index (χ1n) is 5.82. The highest BCUT2D eigenvalue weighted by atomic mass is 19.1. The molecular weight excluding hydrogens is 231 g/mol. The molecule has 94 valence electrons. The van der Waals surface area contributed by atoms with Crippen molar-refractivity contribution in [2.24, 2.45) is 0 Å². The molecule has 0 amide bonds. The van der Waals surface area contributed by atoms with Crippen molar-refractivity contribution < 1.29 is 9.50 Å². The van der Waals surface area contributed by atoms with Crippen molar-refractivity contribution in [3.05, 3.63) is 60.0 Å². The van der Waals surface area contributed by atoms with E-state index in [1.165, 1.54) is 6.07 Å². The average molecular weight is 246 g/mol. The summed E-state index contributed by atoms with van der Waals surface area (Å²) in [4.78, 5) is 3.71. The summed E-state index contributed by atoms with van der Waals surface area (Å²) in [7, 11) is 0. The third-order valence-electron chi connectivity index (χ3n) is 2.61. The second-order valence-corrected chi connectivity index (χ2v) is 4.06. The number of nitrogens with one attached hydrogen (secondary N) is 1. The van der Waals surface area contributed by atoms with E-state index >= 15 is 0 Å². The van der Waals surface area contributed by atoms with E-state index in [0.717, 1.165) is 5.56 Å². The molecule has 1 atom stereocenters. The molecule has 2 aromatic rings. The first kappa shape index (κ1) is 12.5. The quantitative estimate of drug-likeness (QED) is 0.795. The maximum atomic E-state index is 12.9. The van der Waals surface area contributed by atoms with Crippen molar-refractivity contribution in [2.75, 3.05) is 11.9 Å². The Labute approximate surface area is 105 Å². The van der Waals surface area contributed by atoms with Crippen molar-refractivity contribution in [3.63, 3.8) is 0 Å². The first-order chi connectivity index (χ1) is 8.78. The molecule has 1 aromatic heterocycles. The maximum absolute atomic E-state index is 12.9. The Bertz CT molecular complexity index is 490. The van der Waals surface area contributed by atoms with Crippen LogP contribution in [-0.4, -0.2) is 22.7 Å². The minimum absolute atomic E-state index is 0.0346. The van der Waals surface area contributed by atoms with Crippen molar-refractivity contribution >= 4 is 5.82 Å². The summed E-state index contributed by atoms with van der Waals surface area (Å²) in [5, 5.41) is 12.4. The van der Waals surface area contributed by atoms with Gasteiger partial charge in [-0.25, -0.2) is 4.98 Å². The summed E-state index contributed by atoms with van der Waals surface area (Å²) in [6.45, 7) is -0.0346. The lowest BCUT2D eigenvalue weighted by Crippen LogP contribution is -2.26. The standard InChI is InChI=1S/C14H15FN2O/c15-13-7-4-8-14(17-13)16-12(10-18)9-11-5-2-1-3-6-11/h1-8,12,18H,9-10H2,(H,16,17). The number of rotatable bonds is 5. The van der Waals surface area contributed by atoms with Crippen molar-refractivity contribution in [1.29, 1.82) is 0 Å². The van der Waals surface area contributed by atoms with Crippen LogP contribution in [-0.2, 0) is 6.42 Å². The molecule has 0 aliphatic heterocycles. The number of hydrogen-bond donors (Lipinski definition) is 2. The fraction of sp³-hybridized carbons (Fsp3) is 0.214. The van der Waals surface area contributed by atoms with E-state index < -0.39 is 5.95 Å². The number of nitrogens with zero attached hydrogens (tertiary/aromatic N) is 1. The smallest absolute Gasteiger partial charge is 0.214 e. The van der Waals surface area contributed by atoms with Crippen LogP contribution in [0.25, 0.3) is 0 Å². The van der Waals surface area contributed by atoms with Crippen LogP contribution in [0.4, 0.5) is 10.2 Å². The molecule has 0 aliphatic carbocycles. The Morgan fingerprint density at radius 2 is 1.89 bits per heavy atom. The number of benzene rings is 1.